The van der Waals surface area contributed by atoms with Gasteiger partial charge in [-0.3, -0.25) is 4.79 Å². The van der Waals surface area contributed by atoms with Crippen molar-refractivity contribution in [2.45, 2.75) is 17.7 Å². The lowest BCUT2D eigenvalue weighted by molar-refractivity contribution is -0.128. The molecule has 7 nitrogen and oxygen atoms in total. The van der Waals surface area contributed by atoms with E-state index in [-0.39, 0.29) is 23.0 Å². The second kappa shape index (κ2) is 5.68. The highest BCUT2D eigenvalue weighted by atomic mass is 32.2. The number of amides is 1. The Morgan fingerprint density at radius 1 is 1.30 bits per heavy atom. The third-order valence-electron chi connectivity index (χ3n) is 3.22. The van der Waals surface area contributed by atoms with Crippen molar-refractivity contribution in [3.8, 4) is 0 Å². The van der Waals surface area contributed by atoms with Crippen LogP contribution in [-0.2, 0) is 14.8 Å². The van der Waals surface area contributed by atoms with E-state index in [0.717, 1.165) is 25.9 Å². The van der Waals surface area contributed by atoms with E-state index in [1.165, 1.54) is 18.2 Å². The first-order valence-electron chi connectivity index (χ1n) is 6.32. The van der Waals surface area contributed by atoms with Crippen molar-refractivity contribution in [3.05, 3.63) is 18.2 Å². The molecule has 0 aliphatic carbocycles. The summed E-state index contributed by atoms with van der Waals surface area (Å²) in [4.78, 5) is 13.5. The van der Waals surface area contributed by atoms with Crippen LogP contribution in [0.4, 0.5) is 11.4 Å². The van der Waals surface area contributed by atoms with Crippen LogP contribution in [0.25, 0.3) is 0 Å². The molecule has 0 spiro atoms. The summed E-state index contributed by atoms with van der Waals surface area (Å²) in [5, 5.41) is 7.96. The van der Waals surface area contributed by atoms with Crippen molar-refractivity contribution in [1.29, 1.82) is 0 Å². The van der Waals surface area contributed by atoms with Gasteiger partial charge in [-0.15, -0.1) is 0 Å². The Labute approximate surface area is 118 Å². The van der Waals surface area contributed by atoms with Gasteiger partial charge >= 0.3 is 0 Å². The summed E-state index contributed by atoms with van der Waals surface area (Å²) >= 11 is 0. The van der Waals surface area contributed by atoms with E-state index in [0.29, 0.717) is 5.69 Å². The Hall–Kier alpha value is -1.80. The lowest BCUT2D eigenvalue weighted by Crippen LogP contribution is -2.33. The Morgan fingerprint density at radius 3 is 2.50 bits per heavy atom. The van der Waals surface area contributed by atoms with Crippen molar-refractivity contribution in [2.24, 2.45) is 5.14 Å². The largest absolute Gasteiger partial charge is 0.398 e. The van der Waals surface area contributed by atoms with Gasteiger partial charge in [0.05, 0.1) is 12.2 Å². The zero-order valence-electron chi connectivity index (χ0n) is 11.0. The number of nitrogens with zero attached hydrogens (tertiary/aromatic N) is 1. The molecule has 0 bridgehead atoms. The van der Waals surface area contributed by atoms with Crippen LogP contribution in [0.3, 0.4) is 0 Å². The van der Waals surface area contributed by atoms with Gasteiger partial charge in [-0.2, -0.15) is 0 Å². The van der Waals surface area contributed by atoms with Crippen molar-refractivity contribution in [3.63, 3.8) is 0 Å². The zero-order valence-corrected chi connectivity index (χ0v) is 11.8. The topological polar surface area (TPSA) is 119 Å². The lowest BCUT2D eigenvalue weighted by atomic mass is 10.3. The molecule has 5 N–H and O–H groups in total. The summed E-state index contributed by atoms with van der Waals surface area (Å²) in [6, 6.07) is 4.32. The van der Waals surface area contributed by atoms with Gasteiger partial charge in [0, 0.05) is 18.8 Å². The third kappa shape index (κ3) is 3.40. The minimum absolute atomic E-state index is 0.0246. The molecule has 110 valence electrons. The van der Waals surface area contributed by atoms with Crippen LogP contribution < -0.4 is 16.2 Å². The van der Waals surface area contributed by atoms with E-state index in [2.05, 4.69) is 5.32 Å². The highest BCUT2D eigenvalue weighted by Gasteiger charge is 2.17. The predicted octanol–water partition coefficient (Wildman–Crippen LogP) is -0.0495. The number of primary sulfonamides is 1. The number of likely N-dealkylation sites (tertiary alicyclic amines) is 1. The number of hydrogen-bond acceptors (Lipinski definition) is 5. The lowest BCUT2D eigenvalue weighted by Gasteiger charge is -2.16. The molecule has 1 aliphatic heterocycles. The molecule has 0 unspecified atom stereocenters. The average Bonchev–Trinajstić information content (AvgIpc) is 2.88. The average molecular weight is 298 g/mol. The van der Waals surface area contributed by atoms with Crippen LogP contribution in [0.5, 0.6) is 0 Å². The molecule has 1 saturated heterocycles. The molecule has 1 aromatic rings. The molecule has 0 radical (unpaired) electrons. The Kier molecular flexibility index (Phi) is 4.15. The minimum atomic E-state index is -3.82. The Bertz CT molecular complexity index is 609. The number of carbonyl (C=O) groups excluding carboxylic acids is 1. The summed E-state index contributed by atoms with van der Waals surface area (Å²) in [5.74, 6) is 0.0246. The fourth-order valence-electron chi connectivity index (χ4n) is 2.17. The number of anilines is 2. The molecule has 8 heteroatoms. The first-order valence-corrected chi connectivity index (χ1v) is 7.86. The Morgan fingerprint density at radius 2 is 1.95 bits per heavy atom. The molecule has 1 aromatic carbocycles. The van der Waals surface area contributed by atoms with Crippen molar-refractivity contribution in [2.75, 3.05) is 30.7 Å². The summed E-state index contributed by atoms with van der Waals surface area (Å²) in [7, 11) is -3.82. The molecule has 20 heavy (non-hydrogen) atoms. The molecule has 1 amide bonds. The predicted molar refractivity (Wildman–Crippen MR) is 76.5 cm³/mol. The van der Waals surface area contributed by atoms with E-state index in [4.69, 9.17) is 10.9 Å². The van der Waals surface area contributed by atoms with Crippen molar-refractivity contribution >= 4 is 27.3 Å². The maximum absolute atomic E-state index is 11.8. The molecular formula is C12H18N4O3S. The van der Waals surface area contributed by atoms with Gasteiger partial charge in [-0.05, 0) is 31.0 Å². The van der Waals surface area contributed by atoms with Gasteiger partial charge in [0.2, 0.25) is 15.9 Å². The monoisotopic (exact) mass is 298 g/mol. The highest BCUT2D eigenvalue weighted by molar-refractivity contribution is 7.89. The van der Waals surface area contributed by atoms with E-state index in [1.807, 2.05) is 0 Å². The van der Waals surface area contributed by atoms with Crippen molar-refractivity contribution < 1.29 is 13.2 Å². The SMILES string of the molecule is Nc1cc(NCC(=O)N2CCCC2)ccc1S(N)(=O)=O. The molecular weight excluding hydrogens is 280 g/mol. The van der Waals surface area contributed by atoms with Crippen LogP contribution in [0.2, 0.25) is 0 Å². The second-order valence-electron chi connectivity index (χ2n) is 4.74. The van der Waals surface area contributed by atoms with E-state index >= 15 is 0 Å². The summed E-state index contributed by atoms with van der Waals surface area (Å²) in [6.45, 7) is 1.76. The van der Waals surface area contributed by atoms with Crippen LogP contribution in [-0.4, -0.2) is 38.9 Å². The molecule has 1 heterocycles. The standard InChI is InChI=1S/C12H18N4O3S/c13-10-7-9(3-4-11(10)20(14,18)19)15-8-12(17)16-5-1-2-6-16/h3-4,7,15H,1-2,5-6,8,13H2,(H2,14,18,19). The van der Waals surface area contributed by atoms with Gasteiger partial charge < -0.3 is 16.0 Å². The molecule has 0 saturated carbocycles. The van der Waals surface area contributed by atoms with Crippen LogP contribution in [0.15, 0.2) is 23.1 Å². The van der Waals surface area contributed by atoms with E-state index in [9.17, 15) is 13.2 Å². The third-order valence-corrected chi connectivity index (χ3v) is 4.20. The smallest absolute Gasteiger partial charge is 0.241 e. The molecule has 0 atom stereocenters. The number of carbonyl (C=O) groups is 1. The van der Waals surface area contributed by atoms with Gasteiger partial charge in [0.15, 0.2) is 0 Å². The second-order valence-corrected chi connectivity index (χ2v) is 6.27. The number of hydrogen-bond donors (Lipinski definition) is 3. The number of benzene rings is 1. The molecule has 1 fully saturated rings. The number of sulfonamides is 1. The first kappa shape index (κ1) is 14.6. The first-order chi connectivity index (χ1) is 9.38. The van der Waals surface area contributed by atoms with Crippen LogP contribution in [0.1, 0.15) is 12.8 Å². The molecule has 2 rings (SSSR count). The summed E-state index contributed by atoms with van der Waals surface area (Å²) in [6.07, 6.45) is 2.09. The Balaban J connectivity index is 2.00. The van der Waals surface area contributed by atoms with Gasteiger partial charge in [-0.1, -0.05) is 0 Å². The van der Waals surface area contributed by atoms with Gasteiger partial charge in [0.25, 0.3) is 0 Å². The number of nitrogens with two attached hydrogens (primary N) is 2. The summed E-state index contributed by atoms with van der Waals surface area (Å²) < 4.78 is 22.4. The summed E-state index contributed by atoms with van der Waals surface area (Å²) in [5.41, 5.74) is 6.29. The zero-order chi connectivity index (χ0) is 14.8. The maximum atomic E-state index is 11.8. The van der Waals surface area contributed by atoms with E-state index < -0.39 is 10.0 Å². The number of nitrogens with one attached hydrogen (secondary N) is 1. The normalized spacial score (nSPS) is 15.3. The molecule has 1 aliphatic rings. The van der Waals surface area contributed by atoms with Gasteiger partial charge in [-0.25, -0.2) is 13.6 Å². The fraction of sp³-hybridized carbons (Fsp3) is 0.417. The maximum Gasteiger partial charge on any atom is 0.241 e. The van der Waals surface area contributed by atoms with E-state index in [1.54, 1.807) is 4.90 Å². The van der Waals surface area contributed by atoms with Gasteiger partial charge in [0.1, 0.15) is 4.90 Å². The van der Waals surface area contributed by atoms with Crippen LogP contribution in [0, 0.1) is 0 Å². The van der Waals surface area contributed by atoms with Crippen molar-refractivity contribution in [1.82, 2.24) is 4.90 Å². The number of nitrogen functional groups attached to an aromatic ring is 1. The molecule has 0 aromatic heterocycles. The highest BCUT2D eigenvalue weighted by Crippen LogP contribution is 2.21. The minimum Gasteiger partial charge on any atom is -0.398 e. The quantitative estimate of drug-likeness (QED) is 0.673. The van der Waals surface area contributed by atoms with Crippen LogP contribution >= 0.6 is 0 Å². The fourth-order valence-corrected chi connectivity index (χ4v) is 2.82. The number of rotatable bonds is 4.